The minimum absolute atomic E-state index is 0.0234. The van der Waals surface area contributed by atoms with Gasteiger partial charge in [-0.05, 0) is 18.2 Å². The second-order valence-electron chi connectivity index (χ2n) is 3.51. The van der Waals surface area contributed by atoms with Gasteiger partial charge in [0.15, 0.2) is 4.80 Å². The highest BCUT2D eigenvalue weighted by Crippen LogP contribution is 2.18. The molecule has 1 aromatic carbocycles. The molecule has 2 N–H and O–H groups in total. The molecular formula is C11H9ClFN3OS. The first-order chi connectivity index (χ1) is 8.56. The lowest BCUT2D eigenvalue weighted by molar-refractivity contribution is -0.116. The first-order valence-corrected chi connectivity index (χ1v) is 6.25. The molecule has 0 aliphatic rings. The Morgan fingerprint density at radius 1 is 1.56 bits per heavy atom. The summed E-state index contributed by atoms with van der Waals surface area (Å²) in [5.41, 5.74) is 0.0757. The molecule has 1 aromatic heterocycles. The van der Waals surface area contributed by atoms with Crippen LogP contribution < -0.4 is 10.1 Å². The predicted octanol–water partition coefficient (Wildman–Crippen LogP) is 2.46. The van der Waals surface area contributed by atoms with E-state index in [9.17, 15) is 9.18 Å². The zero-order valence-corrected chi connectivity index (χ0v) is 10.7. The summed E-state index contributed by atoms with van der Waals surface area (Å²) in [7, 11) is 0. The van der Waals surface area contributed by atoms with Crippen LogP contribution in [0.2, 0.25) is 5.02 Å². The van der Waals surface area contributed by atoms with E-state index in [1.807, 2.05) is 0 Å². The predicted molar refractivity (Wildman–Crippen MR) is 68.2 cm³/mol. The van der Waals surface area contributed by atoms with Gasteiger partial charge >= 0.3 is 0 Å². The number of nitrogens with zero attached hydrogens (tertiary/aromatic N) is 1. The average molecular weight is 286 g/mol. The van der Waals surface area contributed by atoms with Crippen LogP contribution in [0.5, 0.6) is 0 Å². The van der Waals surface area contributed by atoms with E-state index in [-0.39, 0.29) is 22.1 Å². The molecule has 0 saturated carbocycles. The van der Waals surface area contributed by atoms with Crippen molar-refractivity contribution in [2.24, 2.45) is 0 Å². The van der Waals surface area contributed by atoms with Crippen LogP contribution in [0.3, 0.4) is 0 Å². The molecule has 1 amide bonds. The summed E-state index contributed by atoms with van der Waals surface area (Å²) in [6, 6.07) is 4.02. The van der Waals surface area contributed by atoms with Crippen LogP contribution in [-0.2, 0) is 11.3 Å². The number of halogens is 2. The SMILES string of the molecule is N=c1sccn1CC(=O)Nc1ccc(Cl)cc1F. The highest BCUT2D eigenvalue weighted by molar-refractivity contribution is 7.06. The van der Waals surface area contributed by atoms with Crippen molar-refractivity contribution in [1.29, 1.82) is 5.41 Å². The molecular weight excluding hydrogens is 277 g/mol. The van der Waals surface area contributed by atoms with Crippen molar-refractivity contribution in [2.75, 3.05) is 5.32 Å². The molecule has 2 aromatic rings. The third-order valence-electron chi connectivity index (χ3n) is 2.20. The maximum Gasteiger partial charge on any atom is 0.244 e. The van der Waals surface area contributed by atoms with Crippen LogP contribution >= 0.6 is 22.9 Å². The summed E-state index contributed by atoms with van der Waals surface area (Å²) in [5, 5.41) is 11.9. The molecule has 2 rings (SSSR count). The maximum atomic E-state index is 13.4. The minimum atomic E-state index is -0.586. The van der Waals surface area contributed by atoms with Crippen molar-refractivity contribution >= 4 is 34.5 Å². The Bertz CT molecular complexity index is 637. The van der Waals surface area contributed by atoms with Crippen molar-refractivity contribution in [3.8, 4) is 0 Å². The second-order valence-corrected chi connectivity index (χ2v) is 4.84. The summed E-state index contributed by atoms with van der Waals surface area (Å²) in [6.45, 7) is -0.0234. The molecule has 0 spiro atoms. The Hall–Kier alpha value is -1.66. The summed E-state index contributed by atoms with van der Waals surface area (Å²) in [6.07, 6.45) is 1.63. The van der Waals surface area contributed by atoms with E-state index in [0.717, 1.165) is 6.07 Å². The molecule has 0 radical (unpaired) electrons. The number of benzene rings is 1. The van der Waals surface area contributed by atoms with Crippen molar-refractivity contribution in [2.45, 2.75) is 6.54 Å². The van der Waals surface area contributed by atoms with E-state index < -0.39 is 11.7 Å². The fourth-order valence-electron chi connectivity index (χ4n) is 1.36. The molecule has 94 valence electrons. The number of amides is 1. The lowest BCUT2D eigenvalue weighted by atomic mass is 10.3. The van der Waals surface area contributed by atoms with Crippen LogP contribution in [0.4, 0.5) is 10.1 Å². The fourth-order valence-corrected chi connectivity index (χ4v) is 2.12. The first kappa shape index (κ1) is 12.8. The first-order valence-electron chi connectivity index (χ1n) is 4.99. The van der Waals surface area contributed by atoms with Gasteiger partial charge in [0.2, 0.25) is 5.91 Å². The average Bonchev–Trinajstić information content (AvgIpc) is 2.69. The van der Waals surface area contributed by atoms with Gasteiger partial charge in [-0.2, -0.15) is 0 Å². The molecule has 7 heteroatoms. The van der Waals surface area contributed by atoms with E-state index in [0.29, 0.717) is 0 Å². The van der Waals surface area contributed by atoms with Crippen molar-refractivity contribution in [3.63, 3.8) is 0 Å². The molecule has 0 unspecified atom stereocenters. The largest absolute Gasteiger partial charge is 0.322 e. The Balaban J connectivity index is 2.08. The van der Waals surface area contributed by atoms with E-state index in [4.69, 9.17) is 17.0 Å². The van der Waals surface area contributed by atoms with Gasteiger partial charge in [0, 0.05) is 16.6 Å². The van der Waals surface area contributed by atoms with Crippen molar-refractivity contribution in [1.82, 2.24) is 4.57 Å². The van der Waals surface area contributed by atoms with Gasteiger partial charge in [0.1, 0.15) is 12.4 Å². The van der Waals surface area contributed by atoms with Crippen molar-refractivity contribution < 1.29 is 9.18 Å². The summed E-state index contributed by atoms with van der Waals surface area (Å²) < 4.78 is 14.9. The second kappa shape index (κ2) is 5.32. The lowest BCUT2D eigenvalue weighted by Gasteiger charge is -2.07. The number of hydrogen-bond donors (Lipinski definition) is 2. The van der Waals surface area contributed by atoms with Crippen molar-refractivity contribution in [3.05, 3.63) is 45.4 Å². The molecule has 0 aliphatic carbocycles. The number of carbonyl (C=O) groups is 1. The maximum absolute atomic E-state index is 13.4. The Morgan fingerprint density at radius 2 is 2.33 bits per heavy atom. The van der Waals surface area contributed by atoms with Gasteiger partial charge < -0.3 is 9.88 Å². The Morgan fingerprint density at radius 3 is 2.94 bits per heavy atom. The highest BCUT2D eigenvalue weighted by Gasteiger charge is 2.08. The highest BCUT2D eigenvalue weighted by atomic mass is 35.5. The number of carbonyl (C=O) groups excluding carboxylic acids is 1. The van der Waals surface area contributed by atoms with Gasteiger partial charge in [-0.3, -0.25) is 10.2 Å². The summed E-state index contributed by atoms with van der Waals surface area (Å²) >= 11 is 6.83. The van der Waals surface area contributed by atoms with Crippen LogP contribution in [0.15, 0.2) is 29.8 Å². The number of anilines is 1. The Kier molecular flexibility index (Phi) is 3.78. The Labute approximate surface area is 111 Å². The zero-order chi connectivity index (χ0) is 13.1. The van der Waals surface area contributed by atoms with Gasteiger partial charge in [-0.1, -0.05) is 11.6 Å². The standard InChI is InChI=1S/C11H9ClFN3OS/c12-7-1-2-9(8(13)5-7)15-10(17)6-16-3-4-18-11(16)14/h1-5,14H,6H2,(H,15,17). The fraction of sp³-hybridized carbons (Fsp3) is 0.0909. The number of aromatic nitrogens is 1. The third-order valence-corrected chi connectivity index (χ3v) is 3.15. The van der Waals surface area contributed by atoms with E-state index in [1.54, 1.807) is 11.6 Å². The normalized spacial score (nSPS) is 10.3. The molecule has 0 saturated heterocycles. The van der Waals surface area contributed by atoms with Gasteiger partial charge in [-0.25, -0.2) is 4.39 Å². The van der Waals surface area contributed by atoms with Gasteiger partial charge in [0.05, 0.1) is 5.69 Å². The molecule has 0 bridgehead atoms. The topological polar surface area (TPSA) is 57.9 Å². The smallest absolute Gasteiger partial charge is 0.244 e. The summed E-state index contributed by atoms with van der Waals surface area (Å²) in [5.74, 6) is -0.981. The molecule has 4 nitrogen and oxygen atoms in total. The molecule has 1 heterocycles. The number of nitrogens with one attached hydrogen (secondary N) is 2. The zero-order valence-electron chi connectivity index (χ0n) is 9.11. The number of hydrogen-bond acceptors (Lipinski definition) is 3. The molecule has 0 aliphatic heterocycles. The summed E-state index contributed by atoms with van der Waals surface area (Å²) in [4.78, 5) is 11.9. The van der Waals surface area contributed by atoms with Crippen LogP contribution in [0.25, 0.3) is 0 Å². The minimum Gasteiger partial charge on any atom is -0.322 e. The lowest BCUT2D eigenvalue weighted by Crippen LogP contribution is -2.24. The van der Waals surface area contributed by atoms with E-state index in [1.165, 1.54) is 28.0 Å². The molecule has 0 fully saturated rings. The van der Waals surface area contributed by atoms with E-state index >= 15 is 0 Å². The van der Waals surface area contributed by atoms with Gasteiger partial charge in [0.25, 0.3) is 0 Å². The van der Waals surface area contributed by atoms with Crippen LogP contribution in [0.1, 0.15) is 0 Å². The van der Waals surface area contributed by atoms with Crippen LogP contribution in [0, 0.1) is 11.2 Å². The monoisotopic (exact) mass is 285 g/mol. The van der Waals surface area contributed by atoms with Gasteiger partial charge in [-0.15, -0.1) is 11.3 Å². The molecule has 0 atom stereocenters. The third kappa shape index (κ3) is 2.96. The quantitative estimate of drug-likeness (QED) is 0.894. The number of thiazole rings is 1. The van der Waals surface area contributed by atoms with E-state index in [2.05, 4.69) is 5.32 Å². The molecule has 18 heavy (non-hydrogen) atoms. The number of rotatable bonds is 3. The van der Waals surface area contributed by atoms with Crippen LogP contribution in [-0.4, -0.2) is 10.5 Å².